The van der Waals surface area contributed by atoms with Gasteiger partial charge in [-0.15, -0.1) is 0 Å². The molecule has 0 radical (unpaired) electrons. The Hall–Kier alpha value is -1.51. The zero-order chi connectivity index (χ0) is 12.3. The second kappa shape index (κ2) is 5.21. The summed E-state index contributed by atoms with van der Waals surface area (Å²) in [5, 5.41) is 3.84. The van der Waals surface area contributed by atoms with Crippen molar-refractivity contribution < 1.29 is 4.79 Å². The first-order valence-corrected chi connectivity index (χ1v) is 5.72. The molecule has 4 heteroatoms. The molecule has 0 heterocycles. The summed E-state index contributed by atoms with van der Waals surface area (Å²) in [5.41, 5.74) is 2.47. The van der Waals surface area contributed by atoms with Crippen molar-refractivity contribution in [2.45, 2.75) is 0 Å². The first kappa shape index (κ1) is 12.0. The van der Waals surface area contributed by atoms with Gasteiger partial charge in [-0.3, -0.25) is 4.79 Å². The summed E-state index contributed by atoms with van der Waals surface area (Å²) in [6, 6.07) is 12.7. The Morgan fingerprint density at radius 2 is 1.76 bits per heavy atom. The second-order valence-corrected chi connectivity index (χ2v) is 4.34. The summed E-state index contributed by atoms with van der Waals surface area (Å²) >= 11 is 11.8. The summed E-state index contributed by atoms with van der Waals surface area (Å²) in [6.07, 6.45) is 0.625. The van der Waals surface area contributed by atoms with Crippen molar-refractivity contribution >= 4 is 35.3 Å². The van der Waals surface area contributed by atoms with Crippen LogP contribution in [0.15, 0.2) is 42.5 Å². The molecule has 0 fully saturated rings. The van der Waals surface area contributed by atoms with Gasteiger partial charge in [-0.25, -0.2) is 0 Å². The van der Waals surface area contributed by atoms with Crippen molar-refractivity contribution in [3.63, 3.8) is 0 Å². The predicted octanol–water partition coefficient (Wildman–Crippen LogP) is 4.23. The van der Waals surface area contributed by atoms with Crippen LogP contribution < -0.4 is 5.32 Å². The SMILES string of the molecule is O=CNc1cc(Cl)ccc1-c1cccc(Cl)c1. The van der Waals surface area contributed by atoms with Gasteiger partial charge in [0.15, 0.2) is 0 Å². The molecule has 0 spiro atoms. The fraction of sp³-hybridized carbons (Fsp3) is 0. The zero-order valence-corrected chi connectivity index (χ0v) is 10.3. The van der Waals surface area contributed by atoms with Crippen molar-refractivity contribution in [1.29, 1.82) is 0 Å². The monoisotopic (exact) mass is 265 g/mol. The highest BCUT2D eigenvalue weighted by Gasteiger charge is 2.05. The van der Waals surface area contributed by atoms with Gasteiger partial charge in [0.05, 0.1) is 0 Å². The maximum absolute atomic E-state index is 10.6. The highest BCUT2D eigenvalue weighted by molar-refractivity contribution is 6.31. The molecule has 0 saturated heterocycles. The Kier molecular flexibility index (Phi) is 3.67. The summed E-state index contributed by atoms with van der Waals surface area (Å²) < 4.78 is 0. The van der Waals surface area contributed by atoms with Gasteiger partial charge in [-0.05, 0) is 29.8 Å². The highest BCUT2D eigenvalue weighted by atomic mass is 35.5. The maximum Gasteiger partial charge on any atom is 0.211 e. The van der Waals surface area contributed by atoms with Gasteiger partial charge in [-0.1, -0.05) is 41.4 Å². The standard InChI is InChI=1S/C13H9Cl2NO/c14-10-3-1-2-9(6-10)12-5-4-11(15)7-13(12)16-8-17/h1-8H,(H,16,17). The number of benzene rings is 2. The van der Waals surface area contributed by atoms with E-state index in [0.717, 1.165) is 11.1 Å². The van der Waals surface area contributed by atoms with E-state index in [1.54, 1.807) is 18.2 Å². The average Bonchev–Trinajstić information content (AvgIpc) is 2.29. The van der Waals surface area contributed by atoms with Crippen molar-refractivity contribution in [1.82, 2.24) is 0 Å². The summed E-state index contributed by atoms with van der Waals surface area (Å²) in [6.45, 7) is 0. The minimum atomic E-state index is 0.570. The van der Waals surface area contributed by atoms with Crippen LogP contribution in [-0.2, 0) is 4.79 Å². The van der Waals surface area contributed by atoms with Crippen LogP contribution in [0.2, 0.25) is 10.0 Å². The van der Waals surface area contributed by atoms with Gasteiger partial charge in [0.1, 0.15) is 0 Å². The van der Waals surface area contributed by atoms with E-state index in [1.807, 2.05) is 24.3 Å². The maximum atomic E-state index is 10.6. The Balaban J connectivity index is 2.54. The molecule has 1 amide bonds. The van der Waals surface area contributed by atoms with Crippen LogP contribution in [0, 0.1) is 0 Å². The first-order chi connectivity index (χ1) is 8.20. The lowest BCUT2D eigenvalue weighted by molar-refractivity contribution is -0.105. The quantitative estimate of drug-likeness (QED) is 0.827. The number of amides is 1. The lowest BCUT2D eigenvalue weighted by atomic mass is 10.0. The number of halogens is 2. The third-order valence-electron chi connectivity index (χ3n) is 2.33. The number of carbonyl (C=O) groups excluding carboxylic acids is 1. The van der Waals surface area contributed by atoms with E-state index in [9.17, 15) is 4.79 Å². The molecule has 86 valence electrons. The molecule has 0 unspecified atom stereocenters. The smallest absolute Gasteiger partial charge is 0.211 e. The molecule has 0 aliphatic heterocycles. The molecule has 0 saturated carbocycles. The van der Waals surface area contributed by atoms with Crippen molar-refractivity contribution in [2.24, 2.45) is 0 Å². The van der Waals surface area contributed by atoms with Gasteiger partial charge in [0.2, 0.25) is 6.41 Å². The predicted molar refractivity (Wildman–Crippen MR) is 71.6 cm³/mol. The zero-order valence-electron chi connectivity index (χ0n) is 8.78. The molecule has 2 aromatic carbocycles. The minimum absolute atomic E-state index is 0.570. The topological polar surface area (TPSA) is 29.1 Å². The van der Waals surface area contributed by atoms with E-state index in [0.29, 0.717) is 22.1 Å². The van der Waals surface area contributed by atoms with Crippen LogP contribution in [0.5, 0.6) is 0 Å². The Labute approximate surface area is 109 Å². The van der Waals surface area contributed by atoms with Gasteiger partial charge in [-0.2, -0.15) is 0 Å². The summed E-state index contributed by atoms with van der Waals surface area (Å²) in [7, 11) is 0. The second-order valence-electron chi connectivity index (χ2n) is 3.46. The van der Waals surface area contributed by atoms with Crippen molar-refractivity contribution in [2.75, 3.05) is 5.32 Å². The van der Waals surface area contributed by atoms with Crippen LogP contribution in [-0.4, -0.2) is 6.41 Å². The molecule has 0 bridgehead atoms. The van der Waals surface area contributed by atoms with E-state index < -0.39 is 0 Å². The number of anilines is 1. The van der Waals surface area contributed by atoms with E-state index in [1.165, 1.54) is 0 Å². The van der Waals surface area contributed by atoms with Crippen LogP contribution in [0.25, 0.3) is 11.1 Å². The third kappa shape index (κ3) is 2.78. The average molecular weight is 266 g/mol. The number of hydrogen-bond acceptors (Lipinski definition) is 1. The number of carbonyl (C=O) groups is 1. The molecule has 0 aliphatic rings. The molecule has 1 N–H and O–H groups in total. The lowest BCUT2D eigenvalue weighted by Crippen LogP contribution is -1.96. The van der Waals surface area contributed by atoms with Gasteiger partial charge in [0, 0.05) is 21.3 Å². The molecule has 0 atom stereocenters. The number of hydrogen-bond donors (Lipinski definition) is 1. The summed E-state index contributed by atoms with van der Waals surface area (Å²) in [5.74, 6) is 0. The van der Waals surface area contributed by atoms with Gasteiger partial charge in [0.25, 0.3) is 0 Å². The highest BCUT2D eigenvalue weighted by Crippen LogP contribution is 2.31. The van der Waals surface area contributed by atoms with Crippen LogP contribution in [0.3, 0.4) is 0 Å². The fourth-order valence-corrected chi connectivity index (χ4v) is 1.97. The lowest BCUT2D eigenvalue weighted by Gasteiger charge is -2.09. The van der Waals surface area contributed by atoms with Gasteiger partial charge >= 0.3 is 0 Å². The normalized spacial score (nSPS) is 10.0. The van der Waals surface area contributed by atoms with Crippen molar-refractivity contribution in [3.8, 4) is 11.1 Å². The minimum Gasteiger partial charge on any atom is -0.328 e. The molecule has 0 aliphatic carbocycles. The Bertz CT molecular complexity index is 555. The number of nitrogens with one attached hydrogen (secondary N) is 1. The Morgan fingerprint density at radius 3 is 2.47 bits per heavy atom. The largest absolute Gasteiger partial charge is 0.328 e. The van der Waals surface area contributed by atoms with Crippen LogP contribution in [0.4, 0.5) is 5.69 Å². The molecule has 2 rings (SSSR count). The molecular weight excluding hydrogens is 257 g/mol. The molecule has 0 aromatic heterocycles. The van der Waals surface area contributed by atoms with E-state index in [4.69, 9.17) is 23.2 Å². The Morgan fingerprint density at radius 1 is 1.00 bits per heavy atom. The first-order valence-electron chi connectivity index (χ1n) is 4.96. The molecular formula is C13H9Cl2NO. The number of rotatable bonds is 3. The van der Waals surface area contributed by atoms with E-state index in [-0.39, 0.29) is 0 Å². The third-order valence-corrected chi connectivity index (χ3v) is 2.80. The van der Waals surface area contributed by atoms with Crippen LogP contribution in [0.1, 0.15) is 0 Å². The van der Waals surface area contributed by atoms with E-state index >= 15 is 0 Å². The van der Waals surface area contributed by atoms with Crippen molar-refractivity contribution in [3.05, 3.63) is 52.5 Å². The van der Waals surface area contributed by atoms with E-state index in [2.05, 4.69) is 5.32 Å². The fourth-order valence-electron chi connectivity index (χ4n) is 1.61. The summed E-state index contributed by atoms with van der Waals surface area (Å²) in [4.78, 5) is 10.6. The van der Waals surface area contributed by atoms with Crippen LogP contribution >= 0.6 is 23.2 Å². The molecule has 2 nitrogen and oxygen atoms in total. The molecule has 2 aromatic rings. The van der Waals surface area contributed by atoms with Gasteiger partial charge < -0.3 is 5.32 Å². The molecule has 17 heavy (non-hydrogen) atoms.